The number of thiazole rings is 1. The topological polar surface area (TPSA) is 60.6 Å². The Morgan fingerprint density at radius 3 is 2.96 bits per heavy atom. The number of rotatable bonds is 6. The minimum absolute atomic E-state index is 0.653. The number of morpholine rings is 1. The number of aromatic nitrogens is 1. The Labute approximate surface area is 141 Å². The number of methoxy groups -OCH3 is 1. The predicted octanol–water partition coefficient (Wildman–Crippen LogP) is 2.20. The van der Waals surface area contributed by atoms with Gasteiger partial charge in [-0.15, -0.1) is 11.3 Å². The van der Waals surface area contributed by atoms with Crippen LogP contribution in [-0.2, 0) is 17.6 Å². The lowest BCUT2D eigenvalue weighted by Crippen LogP contribution is -2.37. The Balaban J connectivity index is 1.67. The van der Waals surface area contributed by atoms with E-state index in [0.29, 0.717) is 5.13 Å². The molecule has 6 heteroatoms. The Morgan fingerprint density at radius 2 is 2.17 bits per heavy atom. The molecule has 1 aromatic carbocycles. The van der Waals surface area contributed by atoms with Crippen molar-refractivity contribution in [2.45, 2.75) is 12.8 Å². The van der Waals surface area contributed by atoms with Crippen molar-refractivity contribution < 1.29 is 9.47 Å². The fourth-order valence-corrected chi connectivity index (χ4v) is 3.71. The predicted molar refractivity (Wildman–Crippen MR) is 93.3 cm³/mol. The average molecular weight is 333 g/mol. The molecule has 0 unspecified atom stereocenters. The van der Waals surface area contributed by atoms with Crippen molar-refractivity contribution in [1.29, 1.82) is 0 Å². The van der Waals surface area contributed by atoms with Gasteiger partial charge in [-0.25, -0.2) is 4.98 Å². The van der Waals surface area contributed by atoms with Crippen LogP contribution in [0, 0.1) is 0 Å². The van der Waals surface area contributed by atoms with Gasteiger partial charge in [0.25, 0.3) is 0 Å². The van der Waals surface area contributed by atoms with Crippen molar-refractivity contribution in [1.82, 2.24) is 9.88 Å². The highest BCUT2D eigenvalue weighted by atomic mass is 32.1. The molecule has 0 radical (unpaired) electrons. The van der Waals surface area contributed by atoms with E-state index in [1.807, 2.05) is 12.1 Å². The fraction of sp³-hybridized carbons (Fsp3) is 0.471. The summed E-state index contributed by atoms with van der Waals surface area (Å²) >= 11 is 1.59. The first-order valence-electron chi connectivity index (χ1n) is 7.91. The van der Waals surface area contributed by atoms with Gasteiger partial charge in [0.1, 0.15) is 5.75 Å². The van der Waals surface area contributed by atoms with Crippen LogP contribution in [0.25, 0.3) is 0 Å². The summed E-state index contributed by atoms with van der Waals surface area (Å²) in [6, 6.07) is 8.17. The van der Waals surface area contributed by atoms with E-state index in [4.69, 9.17) is 15.2 Å². The van der Waals surface area contributed by atoms with Crippen molar-refractivity contribution >= 4 is 16.5 Å². The summed E-state index contributed by atoms with van der Waals surface area (Å²) in [6.07, 6.45) is 1.79. The number of ether oxygens (including phenoxy) is 2. The summed E-state index contributed by atoms with van der Waals surface area (Å²) in [5.41, 5.74) is 8.30. The molecule has 1 aliphatic rings. The van der Waals surface area contributed by atoms with Crippen LogP contribution in [0.4, 0.5) is 5.13 Å². The smallest absolute Gasteiger partial charge is 0.180 e. The highest BCUT2D eigenvalue weighted by molar-refractivity contribution is 7.15. The zero-order chi connectivity index (χ0) is 16.1. The highest BCUT2D eigenvalue weighted by Crippen LogP contribution is 2.25. The summed E-state index contributed by atoms with van der Waals surface area (Å²) in [4.78, 5) is 8.22. The lowest BCUT2D eigenvalue weighted by atomic mass is 10.1. The maximum atomic E-state index is 5.95. The van der Waals surface area contributed by atoms with Gasteiger partial charge in [-0.2, -0.15) is 0 Å². The van der Waals surface area contributed by atoms with Crippen molar-refractivity contribution in [3.63, 3.8) is 0 Å². The minimum Gasteiger partial charge on any atom is -0.497 e. The van der Waals surface area contributed by atoms with Gasteiger partial charge in [0.05, 0.1) is 26.0 Å². The molecular formula is C17H23N3O2S. The molecule has 23 heavy (non-hydrogen) atoms. The van der Waals surface area contributed by atoms with Crippen LogP contribution in [0.2, 0.25) is 0 Å². The normalized spacial score (nSPS) is 15.7. The Morgan fingerprint density at radius 1 is 1.35 bits per heavy atom. The third-order valence-electron chi connectivity index (χ3n) is 4.06. The van der Waals surface area contributed by atoms with E-state index in [2.05, 4.69) is 22.0 Å². The second-order valence-corrected chi connectivity index (χ2v) is 6.77. The van der Waals surface area contributed by atoms with Crippen LogP contribution >= 0.6 is 11.3 Å². The van der Waals surface area contributed by atoms with Gasteiger partial charge in [0, 0.05) is 37.4 Å². The van der Waals surface area contributed by atoms with Gasteiger partial charge in [0.2, 0.25) is 0 Å². The zero-order valence-corrected chi connectivity index (χ0v) is 14.3. The summed E-state index contributed by atoms with van der Waals surface area (Å²) in [7, 11) is 1.69. The molecule has 1 saturated heterocycles. The third kappa shape index (κ3) is 4.43. The molecule has 0 amide bonds. The first kappa shape index (κ1) is 16.2. The lowest BCUT2D eigenvalue weighted by Gasteiger charge is -2.26. The molecular weight excluding hydrogens is 310 g/mol. The number of nitrogen functional groups attached to an aromatic ring is 1. The number of anilines is 1. The molecule has 2 heterocycles. The molecule has 5 nitrogen and oxygen atoms in total. The largest absolute Gasteiger partial charge is 0.497 e. The molecule has 1 fully saturated rings. The molecule has 0 atom stereocenters. The molecule has 2 N–H and O–H groups in total. The van der Waals surface area contributed by atoms with Gasteiger partial charge in [-0.1, -0.05) is 12.1 Å². The Hall–Kier alpha value is -1.63. The van der Waals surface area contributed by atoms with E-state index in [1.165, 1.54) is 10.4 Å². The van der Waals surface area contributed by atoms with Crippen LogP contribution in [0.1, 0.15) is 16.1 Å². The van der Waals surface area contributed by atoms with Crippen molar-refractivity contribution in [2.75, 3.05) is 45.7 Å². The lowest BCUT2D eigenvalue weighted by molar-refractivity contribution is 0.0383. The minimum atomic E-state index is 0.653. The first-order valence-corrected chi connectivity index (χ1v) is 8.73. The fourth-order valence-electron chi connectivity index (χ4n) is 2.79. The van der Waals surface area contributed by atoms with E-state index in [0.717, 1.165) is 57.1 Å². The van der Waals surface area contributed by atoms with Crippen LogP contribution in [0.3, 0.4) is 0 Å². The summed E-state index contributed by atoms with van der Waals surface area (Å²) < 4.78 is 10.7. The quantitative estimate of drug-likeness (QED) is 0.878. The SMILES string of the molecule is COc1cccc(Cc2sc(N)nc2CCN2CCOCC2)c1. The van der Waals surface area contributed by atoms with Crippen molar-refractivity contribution in [3.8, 4) is 5.75 Å². The molecule has 3 rings (SSSR count). The number of benzene rings is 1. The van der Waals surface area contributed by atoms with E-state index < -0.39 is 0 Å². The van der Waals surface area contributed by atoms with E-state index >= 15 is 0 Å². The third-order valence-corrected chi connectivity index (χ3v) is 4.99. The maximum Gasteiger partial charge on any atom is 0.180 e. The monoisotopic (exact) mass is 333 g/mol. The standard InChI is InChI=1S/C17H23N3O2S/c1-21-14-4-2-3-13(11-14)12-16-15(19-17(18)23-16)5-6-20-7-9-22-10-8-20/h2-4,11H,5-10,12H2,1H3,(H2,18,19). The van der Waals surface area contributed by atoms with Crippen LogP contribution in [0.15, 0.2) is 24.3 Å². The van der Waals surface area contributed by atoms with E-state index in [9.17, 15) is 0 Å². The number of nitrogens with zero attached hydrogens (tertiary/aromatic N) is 2. The van der Waals surface area contributed by atoms with Crippen LogP contribution < -0.4 is 10.5 Å². The van der Waals surface area contributed by atoms with Gasteiger partial charge < -0.3 is 15.2 Å². The molecule has 0 saturated carbocycles. The summed E-state index contributed by atoms with van der Waals surface area (Å²) in [5, 5.41) is 0.653. The van der Waals surface area contributed by atoms with Gasteiger partial charge in [-0.05, 0) is 17.7 Å². The molecule has 0 aliphatic carbocycles. The average Bonchev–Trinajstić information content (AvgIpc) is 2.93. The number of hydrogen-bond donors (Lipinski definition) is 1. The first-order chi connectivity index (χ1) is 11.2. The molecule has 1 aromatic heterocycles. The Kier molecular flexibility index (Phi) is 5.48. The highest BCUT2D eigenvalue weighted by Gasteiger charge is 2.14. The maximum absolute atomic E-state index is 5.95. The van der Waals surface area contributed by atoms with Crippen molar-refractivity contribution in [3.05, 3.63) is 40.4 Å². The molecule has 1 aliphatic heterocycles. The van der Waals surface area contributed by atoms with Crippen LogP contribution in [0.5, 0.6) is 5.75 Å². The number of nitrogens with two attached hydrogens (primary N) is 1. The summed E-state index contributed by atoms with van der Waals surface area (Å²) in [6.45, 7) is 4.68. The second kappa shape index (κ2) is 7.77. The van der Waals surface area contributed by atoms with Gasteiger partial charge in [-0.3, -0.25) is 4.90 Å². The second-order valence-electron chi connectivity index (χ2n) is 5.65. The molecule has 0 spiro atoms. The molecule has 124 valence electrons. The van der Waals surface area contributed by atoms with Crippen LogP contribution in [-0.4, -0.2) is 49.8 Å². The molecule has 0 bridgehead atoms. The summed E-state index contributed by atoms with van der Waals surface area (Å²) in [5.74, 6) is 0.884. The zero-order valence-electron chi connectivity index (χ0n) is 13.5. The molecule has 2 aromatic rings. The Bertz CT molecular complexity index is 639. The van der Waals surface area contributed by atoms with E-state index in [1.54, 1.807) is 18.4 Å². The number of hydrogen-bond acceptors (Lipinski definition) is 6. The van der Waals surface area contributed by atoms with Gasteiger partial charge >= 0.3 is 0 Å². The van der Waals surface area contributed by atoms with E-state index in [-0.39, 0.29) is 0 Å². The van der Waals surface area contributed by atoms with Crippen molar-refractivity contribution in [2.24, 2.45) is 0 Å². The van der Waals surface area contributed by atoms with Gasteiger partial charge in [0.15, 0.2) is 5.13 Å².